The number of fused-ring (bicyclic) bond motifs is 1. The second-order valence-corrected chi connectivity index (χ2v) is 5.30. The number of thiazole rings is 1. The predicted molar refractivity (Wildman–Crippen MR) is 82.9 cm³/mol. The van der Waals surface area contributed by atoms with Gasteiger partial charge in [-0.3, -0.25) is 0 Å². The van der Waals surface area contributed by atoms with Crippen LogP contribution in [0, 0.1) is 0 Å². The Hall–Kier alpha value is -2.40. The number of esters is 1. The second kappa shape index (κ2) is 5.54. The van der Waals surface area contributed by atoms with Gasteiger partial charge in [-0.2, -0.15) is 0 Å². The molecule has 0 atom stereocenters. The molecule has 1 aromatic heterocycles. The van der Waals surface area contributed by atoms with E-state index in [1.165, 1.54) is 18.4 Å². The fraction of sp³-hybridized carbons (Fsp3) is 0.125. The van der Waals surface area contributed by atoms with Gasteiger partial charge >= 0.3 is 5.97 Å². The molecule has 0 saturated heterocycles. The molecule has 21 heavy (non-hydrogen) atoms. The van der Waals surface area contributed by atoms with Gasteiger partial charge in [0.25, 0.3) is 0 Å². The third kappa shape index (κ3) is 2.48. The zero-order valence-corrected chi connectivity index (χ0v) is 12.4. The minimum atomic E-state index is -0.416. The summed E-state index contributed by atoms with van der Waals surface area (Å²) in [4.78, 5) is 16.6. The lowest BCUT2D eigenvalue weighted by Gasteiger charge is -2.05. The van der Waals surface area contributed by atoms with Crippen molar-refractivity contribution in [1.82, 2.24) is 4.98 Å². The molecule has 0 aliphatic carbocycles. The molecule has 0 amide bonds. The number of rotatable bonds is 3. The molecule has 3 aromatic rings. The number of carbonyl (C=O) groups is 1. The molecule has 0 aliphatic rings. The monoisotopic (exact) mass is 299 g/mol. The first kappa shape index (κ1) is 13.6. The SMILES string of the molecule is COC(=O)c1ncsc1-c1ccc2cc(OC)ccc2c1. The zero-order valence-electron chi connectivity index (χ0n) is 11.6. The molecule has 0 saturated carbocycles. The fourth-order valence-electron chi connectivity index (χ4n) is 2.19. The van der Waals surface area contributed by atoms with Gasteiger partial charge in [-0.25, -0.2) is 9.78 Å². The highest BCUT2D eigenvalue weighted by molar-refractivity contribution is 7.13. The highest BCUT2D eigenvalue weighted by Gasteiger charge is 2.16. The van der Waals surface area contributed by atoms with Crippen molar-refractivity contribution >= 4 is 28.1 Å². The van der Waals surface area contributed by atoms with E-state index < -0.39 is 5.97 Å². The van der Waals surface area contributed by atoms with Crippen molar-refractivity contribution in [1.29, 1.82) is 0 Å². The Kier molecular flexibility index (Phi) is 3.58. The van der Waals surface area contributed by atoms with Gasteiger partial charge in [0.05, 0.1) is 24.6 Å². The van der Waals surface area contributed by atoms with E-state index in [1.807, 2.05) is 36.4 Å². The van der Waals surface area contributed by atoms with Crippen molar-refractivity contribution in [2.24, 2.45) is 0 Å². The van der Waals surface area contributed by atoms with E-state index in [2.05, 4.69) is 4.98 Å². The standard InChI is InChI=1S/C16H13NO3S/c1-19-13-6-5-10-7-12(4-3-11(10)8-13)15-14(16(18)20-2)17-9-21-15/h3-9H,1-2H3. The molecular formula is C16H13NO3S. The third-order valence-corrected chi connectivity index (χ3v) is 4.13. The Morgan fingerprint density at radius 2 is 1.86 bits per heavy atom. The van der Waals surface area contributed by atoms with Crippen LogP contribution in [0.25, 0.3) is 21.2 Å². The van der Waals surface area contributed by atoms with E-state index >= 15 is 0 Å². The maximum absolute atomic E-state index is 11.7. The van der Waals surface area contributed by atoms with E-state index in [1.54, 1.807) is 12.6 Å². The predicted octanol–water partition coefficient (Wildman–Crippen LogP) is 3.76. The topological polar surface area (TPSA) is 48.4 Å². The summed E-state index contributed by atoms with van der Waals surface area (Å²) < 4.78 is 9.98. The summed E-state index contributed by atoms with van der Waals surface area (Å²) >= 11 is 1.43. The van der Waals surface area contributed by atoms with Crippen LogP contribution in [0.4, 0.5) is 0 Å². The van der Waals surface area contributed by atoms with Crippen molar-refractivity contribution in [3.63, 3.8) is 0 Å². The lowest BCUT2D eigenvalue weighted by Crippen LogP contribution is -2.02. The van der Waals surface area contributed by atoms with Crippen LogP contribution in [-0.2, 0) is 4.74 Å². The smallest absolute Gasteiger partial charge is 0.358 e. The highest BCUT2D eigenvalue weighted by Crippen LogP contribution is 2.31. The Labute approximate surface area is 126 Å². The Balaban J connectivity index is 2.09. The number of benzene rings is 2. The minimum absolute atomic E-state index is 0.357. The number of methoxy groups -OCH3 is 2. The van der Waals surface area contributed by atoms with E-state index in [0.717, 1.165) is 27.0 Å². The van der Waals surface area contributed by atoms with Crippen LogP contribution in [0.5, 0.6) is 5.75 Å². The Bertz CT molecular complexity index is 810. The van der Waals surface area contributed by atoms with Crippen LogP contribution < -0.4 is 4.74 Å². The number of nitrogens with zero attached hydrogens (tertiary/aromatic N) is 1. The van der Waals surface area contributed by atoms with Crippen molar-refractivity contribution in [3.05, 3.63) is 47.6 Å². The molecule has 3 rings (SSSR count). The van der Waals surface area contributed by atoms with E-state index in [9.17, 15) is 4.79 Å². The Morgan fingerprint density at radius 1 is 1.10 bits per heavy atom. The van der Waals surface area contributed by atoms with Gasteiger partial charge in [-0.1, -0.05) is 18.2 Å². The van der Waals surface area contributed by atoms with Crippen molar-refractivity contribution in [2.75, 3.05) is 14.2 Å². The van der Waals surface area contributed by atoms with Crippen molar-refractivity contribution in [2.45, 2.75) is 0 Å². The summed E-state index contributed by atoms with van der Waals surface area (Å²) in [5.74, 6) is 0.407. The van der Waals surface area contributed by atoms with Crippen LogP contribution in [0.3, 0.4) is 0 Å². The first-order chi connectivity index (χ1) is 10.2. The van der Waals surface area contributed by atoms with Crippen molar-refractivity contribution < 1.29 is 14.3 Å². The largest absolute Gasteiger partial charge is 0.497 e. The third-order valence-electron chi connectivity index (χ3n) is 3.26. The van der Waals surface area contributed by atoms with E-state index in [0.29, 0.717) is 5.69 Å². The quantitative estimate of drug-likeness (QED) is 0.691. The lowest BCUT2D eigenvalue weighted by molar-refractivity contribution is 0.0596. The summed E-state index contributed by atoms with van der Waals surface area (Å²) in [6.45, 7) is 0. The number of carbonyl (C=O) groups excluding carboxylic acids is 1. The van der Waals surface area contributed by atoms with Crippen LogP contribution in [0.15, 0.2) is 41.9 Å². The van der Waals surface area contributed by atoms with Gasteiger partial charge in [-0.15, -0.1) is 11.3 Å². The van der Waals surface area contributed by atoms with Crippen LogP contribution in [-0.4, -0.2) is 25.2 Å². The van der Waals surface area contributed by atoms with Gasteiger partial charge in [0.2, 0.25) is 0 Å². The normalized spacial score (nSPS) is 10.6. The summed E-state index contributed by atoms with van der Waals surface area (Å²) in [6, 6.07) is 11.9. The zero-order chi connectivity index (χ0) is 14.8. The van der Waals surface area contributed by atoms with Crippen LogP contribution in [0.1, 0.15) is 10.5 Å². The number of hydrogen-bond donors (Lipinski definition) is 0. The van der Waals surface area contributed by atoms with Gasteiger partial charge in [0.1, 0.15) is 5.75 Å². The fourth-order valence-corrected chi connectivity index (χ4v) is 2.96. The summed E-state index contributed by atoms with van der Waals surface area (Å²) in [5, 5.41) is 2.17. The molecule has 5 heteroatoms. The maximum Gasteiger partial charge on any atom is 0.358 e. The average molecular weight is 299 g/mol. The van der Waals surface area contributed by atoms with Gasteiger partial charge < -0.3 is 9.47 Å². The highest BCUT2D eigenvalue weighted by atomic mass is 32.1. The molecular weight excluding hydrogens is 286 g/mol. The van der Waals surface area contributed by atoms with Crippen LogP contribution in [0.2, 0.25) is 0 Å². The van der Waals surface area contributed by atoms with Crippen molar-refractivity contribution in [3.8, 4) is 16.2 Å². The molecule has 2 aromatic carbocycles. The lowest BCUT2D eigenvalue weighted by atomic mass is 10.0. The molecule has 0 aliphatic heterocycles. The number of ether oxygens (including phenoxy) is 2. The van der Waals surface area contributed by atoms with Gasteiger partial charge in [0.15, 0.2) is 5.69 Å². The minimum Gasteiger partial charge on any atom is -0.497 e. The summed E-state index contributed by atoms with van der Waals surface area (Å²) in [7, 11) is 3.01. The molecule has 0 fully saturated rings. The molecule has 0 radical (unpaired) electrons. The molecule has 1 heterocycles. The molecule has 0 unspecified atom stereocenters. The first-order valence-electron chi connectivity index (χ1n) is 6.33. The summed E-state index contributed by atoms with van der Waals surface area (Å²) in [6.07, 6.45) is 0. The Morgan fingerprint density at radius 3 is 2.62 bits per heavy atom. The van der Waals surface area contributed by atoms with Gasteiger partial charge in [-0.05, 0) is 34.5 Å². The van der Waals surface area contributed by atoms with Crippen LogP contribution >= 0.6 is 11.3 Å². The first-order valence-corrected chi connectivity index (χ1v) is 7.21. The molecule has 106 valence electrons. The van der Waals surface area contributed by atoms with E-state index in [4.69, 9.17) is 9.47 Å². The molecule has 0 spiro atoms. The second-order valence-electron chi connectivity index (χ2n) is 4.45. The average Bonchev–Trinajstić information content (AvgIpc) is 3.02. The number of aromatic nitrogens is 1. The maximum atomic E-state index is 11.7. The van der Waals surface area contributed by atoms with E-state index in [-0.39, 0.29) is 0 Å². The molecule has 0 N–H and O–H groups in total. The summed E-state index contributed by atoms with van der Waals surface area (Å²) in [5.41, 5.74) is 2.96. The van der Waals surface area contributed by atoms with Gasteiger partial charge in [0, 0.05) is 0 Å². The molecule has 4 nitrogen and oxygen atoms in total. The number of hydrogen-bond acceptors (Lipinski definition) is 5. The molecule has 0 bridgehead atoms.